The van der Waals surface area contributed by atoms with Gasteiger partial charge in [0.1, 0.15) is 28.5 Å². The van der Waals surface area contributed by atoms with Crippen LogP contribution in [0.25, 0.3) is 0 Å². The topological polar surface area (TPSA) is 107 Å². The van der Waals surface area contributed by atoms with Gasteiger partial charge in [0, 0.05) is 12.3 Å². The maximum absolute atomic E-state index is 14.9. The molecule has 0 bridgehead atoms. The summed E-state index contributed by atoms with van der Waals surface area (Å²) in [5.41, 5.74) is 4.34. The third-order valence-corrected chi connectivity index (χ3v) is 9.52. The number of hydrogen-bond donors (Lipinski definition) is 1. The Kier molecular flexibility index (Phi) is 5.50. The standard InChI is InChI=1S/C21H31FN4O3S/c1-19(2,3)29-17(27)12-14-20(4,5)30(28)15(8-7-11-24-30)21(6,26-14)18-13(22)9-10-16(23)25-18/h9-10,15H,7-8,11-12H2,1-6H3,(H2,23,25)/t15-,21-,30+/m0/s1. The van der Waals surface area contributed by atoms with Gasteiger partial charge in [-0.1, -0.05) is 0 Å². The first kappa shape index (κ1) is 22.7. The summed E-state index contributed by atoms with van der Waals surface area (Å²) in [5, 5.41) is -0.542. The van der Waals surface area contributed by atoms with Gasteiger partial charge in [-0.25, -0.2) is 17.9 Å². The highest BCUT2D eigenvalue weighted by molar-refractivity contribution is 7.96. The number of nitrogens with zero attached hydrogens (tertiary/aromatic N) is 3. The van der Waals surface area contributed by atoms with E-state index in [-0.39, 0.29) is 17.9 Å². The molecular weight excluding hydrogens is 407 g/mol. The van der Waals surface area contributed by atoms with E-state index in [0.717, 1.165) is 6.42 Å². The van der Waals surface area contributed by atoms with E-state index in [0.29, 0.717) is 18.7 Å². The van der Waals surface area contributed by atoms with Gasteiger partial charge < -0.3 is 10.5 Å². The monoisotopic (exact) mass is 438 g/mol. The van der Waals surface area contributed by atoms with Gasteiger partial charge >= 0.3 is 5.97 Å². The summed E-state index contributed by atoms with van der Waals surface area (Å²) in [7, 11) is -2.90. The van der Waals surface area contributed by atoms with E-state index < -0.39 is 42.7 Å². The molecule has 3 heterocycles. The molecule has 1 aromatic rings. The molecule has 0 saturated heterocycles. The average Bonchev–Trinajstić information content (AvgIpc) is 2.60. The normalized spacial score (nSPS) is 30.6. The lowest BCUT2D eigenvalue weighted by atomic mass is 9.87. The number of pyridine rings is 1. The molecule has 30 heavy (non-hydrogen) atoms. The van der Waals surface area contributed by atoms with Gasteiger partial charge in [-0.15, -0.1) is 0 Å². The Hall–Kier alpha value is -2.03. The quantitative estimate of drug-likeness (QED) is 0.726. The molecule has 3 atom stereocenters. The Morgan fingerprint density at radius 2 is 2.00 bits per heavy atom. The number of nitrogen functional groups attached to an aromatic ring is 1. The number of fused-ring (bicyclic) bond motifs is 1. The number of aliphatic imine (C=N–C) groups is 1. The minimum Gasteiger partial charge on any atom is -0.460 e. The summed E-state index contributed by atoms with van der Waals surface area (Å²) in [6, 6.07) is 2.62. The van der Waals surface area contributed by atoms with Crippen molar-refractivity contribution in [1.82, 2.24) is 4.98 Å². The minimum absolute atomic E-state index is 0.0366. The Bertz CT molecular complexity index is 1020. The Morgan fingerprint density at radius 1 is 1.33 bits per heavy atom. The molecule has 0 aliphatic carbocycles. The van der Waals surface area contributed by atoms with E-state index in [1.54, 1.807) is 41.5 Å². The highest BCUT2D eigenvalue weighted by atomic mass is 32.2. The van der Waals surface area contributed by atoms with Crippen LogP contribution in [0.2, 0.25) is 0 Å². The summed E-state index contributed by atoms with van der Waals surface area (Å²) in [6.07, 6.45) is 1.15. The van der Waals surface area contributed by atoms with Crippen molar-refractivity contribution in [2.75, 3.05) is 12.3 Å². The fourth-order valence-electron chi connectivity index (χ4n) is 4.28. The van der Waals surface area contributed by atoms with Crippen LogP contribution < -0.4 is 5.73 Å². The van der Waals surface area contributed by atoms with Gasteiger partial charge in [-0.2, -0.15) is 0 Å². The van der Waals surface area contributed by atoms with Gasteiger partial charge in [0.05, 0.1) is 26.1 Å². The zero-order valence-electron chi connectivity index (χ0n) is 18.5. The number of nitrogens with two attached hydrogens (primary N) is 1. The fraction of sp³-hybridized carbons (Fsp3) is 0.667. The lowest BCUT2D eigenvalue weighted by molar-refractivity contribution is -0.153. The van der Waals surface area contributed by atoms with Crippen molar-refractivity contribution in [2.45, 2.75) is 81.9 Å². The number of ether oxygens (including phenoxy) is 1. The van der Waals surface area contributed by atoms with Crippen LogP contribution in [0.1, 0.15) is 66.5 Å². The molecule has 0 amide bonds. The van der Waals surface area contributed by atoms with Crippen LogP contribution >= 0.6 is 0 Å². The molecule has 7 nitrogen and oxygen atoms in total. The highest BCUT2D eigenvalue weighted by Crippen LogP contribution is 2.48. The zero-order valence-corrected chi connectivity index (χ0v) is 19.3. The zero-order chi connectivity index (χ0) is 22.5. The summed E-state index contributed by atoms with van der Waals surface area (Å²) in [4.78, 5) is 21.7. The molecule has 0 aromatic carbocycles. The minimum atomic E-state index is -2.90. The van der Waals surface area contributed by atoms with E-state index in [1.165, 1.54) is 12.1 Å². The molecule has 2 N–H and O–H groups in total. The van der Waals surface area contributed by atoms with Crippen molar-refractivity contribution in [3.8, 4) is 0 Å². The number of anilines is 1. The second-order valence-electron chi connectivity index (χ2n) is 9.60. The number of rotatable bonds is 3. The molecule has 2 aliphatic heterocycles. The van der Waals surface area contributed by atoms with Gasteiger partial charge in [-0.05, 0) is 66.5 Å². The summed E-state index contributed by atoms with van der Waals surface area (Å²) in [5.74, 6) is -0.894. The largest absolute Gasteiger partial charge is 0.460 e. The van der Waals surface area contributed by atoms with Crippen LogP contribution in [0.3, 0.4) is 0 Å². The molecule has 0 fully saturated rings. The third-order valence-electron chi connectivity index (χ3n) is 5.79. The Balaban J connectivity index is 2.22. The highest BCUT2D eigenvalue weighted by Gasteiger charge is 2.57. The second kappa shape index (κ2) is 7.28. The van der Waals surface area contributed by atoms with E-state index >= 15 is 0 Å². The van der Waals surface area contributed by atoms with Gasteiger partial charge in [0.2, 0.25) is 0 Å². The molecule has 0 radical (unpaired) electrons. The van der Waals surface area contributed by atoms with Crippen molar-refractivity contribution in [1.29, 1.82) is 0 Å². The smallest absolute Gasteiger partial charge is 0.312 e. The van der Waals surface area contributed by atoms with Crippen molar-refractivity contribution in [3.05, 3.63) is 23.6 Å². The molecular formula is C21H31FN4O3S. The predicted molar refractivity (Wildman–Crippen MR) is 116 cm³/mol. The van der Waals surface area contributed by atoms with Crippen LogP contribution in [0.4, 0.5) is 10.2 Å². The van der Waals surface area contributed by atoms with Crippen molar-refractivity contribution in [2.24, 2.45) is 9.36 Å². The predicted octanol–water partition coefficient (Wildman–Crippen LogP) is 3.61. The van der Waals surface area contributed by atoms with Crippen molar-refractivity contribution < 1.29 is 18.1 Å². The van der Waals surface area contributed by atoms with Crippen LogP contribution in [0.5, 0.6) is 0 Å². The molecule has 0 saturated carbocycles. The lowest BCUT2D eigenvalue weighted by Gasteiger charge is -2.48. The number of halogens is 1. The SMILES string of the molecule is CC(C)(C)OC(=O)CC1=N[C@](C)(c2nc(N)ccc2F)[C@@H]2CCCN=[S@]2(=O)C1(C)C. The van der Waals surface area contributed by atoms with E-state index in [1.807, 2.05) is 0 Å². The number of carbonyl (C=O) groups excluding carboxylic acids is 1. The molecule has 3 rings (SSSR count). The van der Waals surface area contributed by atoms with Crippen LogP contribution in [0, 0.1) is 5.82 Å². The Morgan fingerprint density at radius 3 is 2.63 bits per heavy atom. The maximum Gasteiger partial charge on any atom is 0.312 e. The van der Waals surface area contributed by atoms with Gasteiger partial charge in [0.15, 0.2) is 0 Å². The molecule has 0 unspecified atom stereocenters. The van der Waals surface area contributed by atoms with Crippen LogP contribution in [-0.2, 0) is 24.8 Å². The van der Waals surface area contributed by atoms with Crippen molar-refractivity contribution >= 4 is 27.2 Å². The lowest BCUT2D eigenvalue weighted by Crippen LogP contribution is -2.59. The molecule has 166 valence electrons. The average molecular weight is 439 g/mol. The Labute approximate surface area is 177 Å². The number of hydrogen-bond acceptors (Lipinski definition) is 7. The molecule has 2 aliphatic rings. The molecule has 0 spiro atoms. The second-order valence-corrected chi connectivity index (χ2v) is 12.6. The van der Waals surface area contributed by atoms with E-state index in [2.05, 4.69) is 9.35 Å². The third kappa shape index (κ3) is 3.72. The van der Waals surface area contributed by atoms with Crippen molar-refractivity contribution in [3.63, 3.8) is 0 Å². The first-order valence-corrected chi connectivity index (χ1v) is 11.7. The van der Waals surface area contributed by atoms with Crippen LogP contribution in [0.15, 0.2) is 21.5 Å². The fourth-order valence-corrected chi connectivity index (χ4v) is 7.62. The van der Waals surface area contributed by atoms with Crippen LogP contribution in [-0.4, -0.2) is 43.0 Å². The molecule has 9 heteroatoms. The molecule has 1 aromatic heterocycles. The van der Waals surface area contributed by atoms with E-state index in [9.17, 15) is 13.4 Å². The number of esters is 1. The summed E-state index contributed by atoms with van der Waals surface area (Å²) >= 11 is 0. The van der Waals surface area contributed by atoms with Gasteiger partial charge in [-0.3, -0.25) is 9.79 Å². The first-order valence-electron chi connectivity index (χ1n) is 10.2. The summed E-state index contributed by atoms with van der Waals surface area (Å²) in [6.45, 7) is 11.1. The first-order chi connectivity index (χ1) is 13.7. The number of carbonyl (C=O) groups is 1. The summed E-state index contributed by atoms with van der Waals surface area (Å²) < 4.78 is 38.3. The number of aromatic nitrogens is 1. The van der Waals surface area contributed by atoms with Gasteiger partial charge in [0.25, 0.3) is 0 Å². The van der Waals surface area contributed by atoms with E-state index in [4.69, 9.17) is 15.5 Å². The maximum atomic E-state index is 14.9.